The summed E-state index contributed by atoms with van der Waals surface area (Å²) in [5.41, 5.74) is 7.89. The lowest BCUT2D eigenvalue weighted by Crippen LogP contribution is -2.34. The number of rotatable bonds is 9. The van der Waals surface area contributed by atoms with E-state index in [1.54, 1.807) is 19.4 Å². The maximum absolute atomic E-state index is 11.8. The van der Waals surface area contributed by atoms with Crippen molar-refractivity contribution in [2.24, 2.45) is 5.73 Å². The third kappa shape index (κ3) is 4.83. The number of nitrogens with zero attached hydrogens (tertiary/aromatic N) is 4. The zero-order chi connectivity index (χ0) is 22.5. The summed E-state index contributed by atoms with van der Waals surface area (Å²) in [5.74, 6) is 0.498. The summed E-state index contributed by atoms with van der Waals surface area (Å²) < 4.78 is 11.2. The monoisotopic (exact) mass is 438 g/mol. The standard InChI is InChI=1S/C23H30N6O3/c1-3-5-16(31-2)14-32-23-27-19(21(24)30)12-20(28-23)29-10-7-15(8-11-29)18-13-26-22-17(18)6-4-9-25-22/h4,6,9,12-13,15-16H,3,5,7-8,10-11,14H2,1-2H3,(H2,24,30)(H,25,26). The van der Waals surface area contributed by atoms with Crippen molar-refractivity contribution in [3.05, 3.63) is 41.9 Å². The summed E-state index contributed by atoms with van der Waals surface area (Å²) in [4.78, 5) is 30.4. The van der Waals surface area contributed by atoms with E-state index >= 15 is 0 Å². The molecule has 0 aromatic carbocycles. The summed E-state index contributed by atoms with van der Waals surface area (Å²) >= 11 is 0. The van der Waals surface area contributed by atoms with Gasteiger partial charge < -0.3 is 25.1 Å². The summed E-state index contributed by atoms with van der Waals surface area (Å²) in [5, 5.41) is 1.18. The maximum atomic E-state index is 11.8. The van der Waals surface area contributed by atoms with Crippen LogP contribution in [0.5, 0.6) is 6.01 Å². The number of hydrogen-bond acceptors (Lipinski definition) is 7. The van der Waals surface area contributed by atoms with Crippen LogP contribution in [-0.4, -0.2) is 58.8 Å². The van der Waals surface area contributed by atoms with Gasteiger partial charge in [0, 0.05) is 44.0 Å². The van der Waals surface area contributed by atoms with Crippen LogP contribution in [0.3, 0.4) is 0 Å². The van der Waals surface area contributed by atoms with Gasteiger partial charge in [0.15, 0.2) is 0 Å². The average molecular weight is 439 g/mol. The second-order valence-corrected chi connectivity index (χ2v) is 8.12. The highest BCUT2D eigenvalue weighted by atomic mass is 16.5. The normalized spacial score (nSPS) is 15.8. The number of nitrogens with one attached hydrogen (secondary N) is 1. The molecule has 9 heteroatoms. The summed E-state index contributed by atoms with van der Waals surface area (Å²) in [6, 6.07) is 5.88. The molecule has 1 saturated heterocycles. The molecule has 0 spiro atoms. The highest BCUT2D eigenvalue weighted by Gasteiger charge is 2.25. The number of H-pyrrole nitrogens is 1. The van der Waals surface area contributed by atoms with E-state index < -0.39 is 5.91 Å². The Balaban J connectivity index is 1.47. The van der Waals surface area contributed by atoms with Crippen LogP contribution in [0.25, 0.3) is 11.0 Å². The molecule has 170 valence electrons. The fourth-order valence-corrected chi connectivity index (χ4v) is 4.26. The average Bonchev–Trinajstić information content (AvgIpc) is 3.26. The van der Waals surface area contributed by atoms with Gasteiger partial charge in [-0.2, -0.15) is 9.97 Å². The zero-order valence-electron chi connectivity index (χ0n) is 18.6. The van der Waals surface area contributed by atoms with E-state index in [4.69, 9.17) is 15.2 Å². The van der Waals surface area contributed by atoms with Crippen LogP contribution in [0.4, 0.5) is 5.82 Å². The first-order valence-corrected chi connectivity index (χ1v) is 11.1. The van der Waals surface area contributed by atoms with Gasteiger partial charge in [-0.1, -0.05) is 13.3 Å². The maximum Gasteiger partial charge on any atom is 0.319 e. The van der Waals surface area contributed by atoms with Gasteiger partial charge in [-0.25, -0.2) is 4.98 Å². The molecule has 3 aromatic heterocycles. The molecule has 3 aromatic rings. The number of aromatic nitrogens is 4. The molecule has 0 saturated carbocycles. The molecule has 1 amide bonds. The first kappa shape index (κ1) is 22.0. The topological polar surface area (TPSA) is 119 Å². The Kier molecular flexibility index (Phi) is 6.84. The predicted octanol–water partition coefficient (Wildman–Crippen LogP) is 3.03. The van der Waals surface area contributed by atoms with E-state index in [1.807, 2.05) is 6.07 Å². The SMILES string of the molecule is CCCC(COc1nc(C(N)=O)cc(N2CCC(c3c[nH]c4ncccc34)CC2)n1)OC. The van der Waals surface area contributed by atoms with Crippen molar-refractivity contribution in [2.75, 3.05) is 31.7 Å². The van der Waals surface area contributed by atoms with Crippen LogP contribution in [0.1, 0.15) is 54.6 Å². The van der Waals surface area contributed by atoms with Crippen LogP contribution >= 0.6 is 0 Å². The lowest BCUT2D eigenvalue weighted by molar-refractivity contribution is 0.0483. The highest BCUT2D eigenvalue weighted by molar-refractivity contribution is 5.91. The van der Waals surface area contributed by atoms with Crippen molar-refractivity contribution < 1.29 is 14.3 Å². The Labute approximate surface area is 187 Å². The first-order valence-electron chi connectivity index (χ1n) is 11.1. The van der Waals surface area contributed by atoms with Gasteiger partial charge in [0.1, 0.15) is 23.8 Å². The second-order valence-electron chi connectivity index (χ2n) is 8.12. The van der Waals surface area contributed by atoms with Crippen molar-refractivity contribution in [1.82, 2.24) is 19.9 Å². The van der Waals surface area contributed by atoms with Crippen LogP contribution in [0, 0.1) is 0 Å². The molecule has 9 nitrogen and oxygen atoms in total. The molecule has 1 aliphatic heterocycles. The van der Waals surface area contributed by atoms with E-state index in [9.17, 15) is 4.79 Å². The van der Waals surface area contributed by atoms with E-state index in [0.29, 0.717) is 18.3 Å². The van der Waals surface area contributed by atoms with Gasteiger partial charge >= 0.3 is 6.01 Å². The minimum atomic E-state index is -0.600. The number of aromatic amines is 1. The number of primary amides is 1. The Morgan fingerprint density at radius 2 is 2.16 bits per heavy atom. The summed E-state index contributed by atoms with van der Waals surface area (Å²) in [6.07, 6.45) is 7.61. The molecule has 1 atom stereocenters. The number of anilines is 1. The fraction of sp³-hybridized carbons (Fsp3) is 0.478. The first-order chi connectivity index (χ1) is 15.6. The van der Waals surface area contributed by atoms with E-state index in [-0.39, 0.29) is 17.8 Å². The Hall–Kier alpha value is -3.20. The van der Waals surface area contributed by atoms with Crippen LogP contribution in [0.15, 0.2) is 30.6 Å². The fourth-order valence-electron chi connectivity index (χ4n) is 4.26. The Morgan fingerprint density at radius 1 is 1.34 bits per heavy atom. The number of fused-ring (bicyclic) bond motifs is 1. The molecule has 32 heavy (non-hydrogen) atoms. The van der Waals surface area contributed by atoms with Gasteiger partial charge in [-0.05, 0) is 42.9 Å². The number of piperidine rings is 1. The molecular weight excluding hydrogens is 408 g/mol. The quantitative estimate of drug-likeness (QED) is 0.527. The van der Waals surface area contributed by atoms with E-state index in [0.717, 1.165) is 44.4 Å². The van der Waals surface area contributed by atoms with E-state index in [2.05, 4.69) is 44.0 Å². The largest absolute Gasteiger partial charge is 0.461 e. The smallest absolute Gasteiger partial charge is 0.319 e. The van der Waals surface area contributed by atoms with Gasteiger partial charge in [-0.15, -0.1) is 0 Å². The number of pyridine rings is 1. The molecule has 0 aliphatic carbocycles. The zero-order valence-corrected chi connectivity index (χ0v) is 18.6. The second kappa shape index (κ2) is 9.95. The lowest BCUT2D eigenvalue weighted by Gasteiger charge is -2.33. The van der Waals surface area contributed by atoms with Crippen LogP contribution < -0.4 is 15.4 Å². The van der Waals surface area contributed by atoms with Gasteiger partial charge in [0.05, 0.1) is 6.10 Å². The van der Waals surface area contributed by atoms with Crippen LogP contribution in [-0.2, 0) is 4.74 Å². The molecule has 0 bridgehead atoms. The van der Waals surface area contributed by atoms with Crippen molar-refractivity contribution in [2.45, 2.75) is 44.6 Å². The van der Waals surface area contributed by atoms with Crippen molar-refractivity contribution in [3.8, 4) is 6.01 Å². The third-order valence-electron chi connectivity index (χ3n) is 6.03. The number of nitrogens with two attached hydrogens (primary N) is 1. The number of amides is 1. The number of ether oxygens (including phenoxy) is 2. The van der Waals surface area contributed by atoms with Gasteiger partial charge in [-0.3, -0.25) is 4.79 Å². The summed E-state index contributed by atoms with van der Waals surface area (Å²) in [7, 11) is 1.66. The molecule has 4 rings (SSSR count). The molecular formula is C23H30N6O3. The minimum Gasteiger partial charge on any atom is -0.461 e. The predicted molar refractivity (Wildman–Crippen MR) is 122 cm³/mol. The Bertz CT molecular complexity index is 1060. The third-order valence-corrected chi connectivity index (χ3v) is 6.03. The number of carbonyl (C=O) groups excluding carboxylic acids is 1. The summed E-state index contributed by atoms with van der Waals surface area (Å²) in [6.45, 7) is 4.03. The van der Waals surface area contributed by atoms with Crippen molar-refractivity contribution >= 4 is 22.8 Å². The minimum absolute atomic E-state index is 0.0503. The molecule has 3 N–H and O–H groups in total. The number of methoxy groups -OCH3 is 1. The van der Waals surface area contributed by atoms with Crippen molar-refractivity contribution in [1.29, 1.82) is 0 Å². The molecule has 1 fully saturated rings. The van der Waals surface area contributed by atoms with Crippen molar-refractivity contribution in [3.63, 3.8) is 0 Å². The van der Waals surface area contributed by atoms with Gasteiger partial charge in [0.2, 0.25) is 0 Å². The highest BCUT2D eigenvalue weighted by Crippen LogP contribution is 2.34. The van der Waals surface area contributed by atoms with Gasteiger partial charge in [0.25, 0.3) is 5.91 Å². The number of hydrogen-bond donors (Lipinski definition) is 2. The molecule has 4 heterocycles. The molecule has 0 radical (unpaired) electrons. The lowest BCUT2D eigenvalue weighted by atomic mass is 9.89. The van der Waals surface area contributed by atoms with Crippen LogP contribution in [0.2, 0.25) is 0 Å². The number of carbonyl (C=O) groups is 1. The Morgan fingerprint density at radius 3 is 2.88 bits per heavy atom. The molecule has 1 aliphatic rings. The van der Waals surface area contributed by atoms with E-state index in [1.165, 1.54) is 10.9 Å². The molecule has 1 unspecified atom stereocenters.